The quantitative estimate of drug-likeness (QED) is 0.695. The lowest BCUT2D eigenvalue weighted by molar-refractivity contribution is -0.131. The van der Waals surface area contributed by atoms with Gasteiger partial charge in [0, 0.05) is 36.5 Å². The number of benzene rings is 2. The van der Waals surface area contributed by atoms with Crippen molar-refractivity contribution in [1.29, 1.82) is 0 Å². The van der Waals surface area contributed by atoms with Crippen molar-refractivity contribution in [3.05, 3.63) is 70.7 Å². The van der Waals surface area contributed by atoms with Crippen LogP contribution in [0.1, 0.15) is 35.2 Å². The molecule has 5 heteroatoms. The largest absolute Gasteiger partial charge is 0.338 e. The molecule has 25 heavy (non-hydrogen) atoms. The lowest BCUT2D eigenvalue weighted by Gasteiger charge is -2.22. The Morgan fingerprint density at radius 1 is 0.960 bits per heavy atom. The second-order valence-electron chi connectivity index (χ2n) is 5.87. The highest BCUT2D eigenvalue weighted by molar-refractivity contribution is 6.30. The normalized spacial score (nSPS) is 10.5. The molecule has 0 bridgehead atoms. The molecule has 0 unspecified atom stereocenters. The molecule has 1 amide bonds. The van der Waals surface area contributed by atoms with Crippen LogP contribution in [0.3, 0.4) is 0 Å². The van der Waals surface area contributed by atoms with Gasteiger partial charge in [0.2, 0.25) is 5.91 Å². The molecule has 0 fully saturated rings. The predicted molar refractivity (Wildman–Crippen MR) is 101 cm³/mol. The van der Waals surface area contributed by atoms with Gasteiger partial charge in [0.15, 0.2) is 5.78 Å². The third-order valence-electron chi connectivity index (χ3n) is 3.93. The summed E-state index contributed by atoms with van der Waals surface area (Å²) in [6.07, 6.45) is 1.12. The highest BCUT2D eigenvalue weighted by Crippen LogP contribution is 2.13. The van der Waals surface area contributed by atoms with E-state index in [-0.39, 0.29) is 24.5 Å². The van der Waals surface area contributed by atoms with Crippen LogP contribution in [-0.4, -0.2) is 29.7 Å². The van der Waals surface area contributed by atoms with E-state index in [0.29, 0.717) is 30.2 Å². The molecule has 0 saturated carbocycles. The number of amides is 1. The zero-order chi connectivity index (χ0) is 18.1. The fourth-order valence-electron chi connectivity index (χ4n) is 2.54. The van der Waals surface area contributed by atoms with Gasteiger partial charge < -0.3 is 10.6 Å². The molecule has 2 aromatic rings. The number of ketones is 1. The van der Waals surface area contributed by atoms with Crippen LogP contribution in [-0.2, 0) is 11.3 Å². The van der Waals surface area contributed by atoms with Crippen LogP contribution in [0.2, 0.25) is 5.02 Å². The zero-order valence-electron chi connectivity index (χ0n) is 14.2. The summed E-state index contributed by atoms with van der Waals surface area (Å²) in [4.78, 5) is 26.6. The molecule has 0 aromatic heterocycles. The van der Waals surface area contributed by atoms with Crippen LogP contribution in [0.5, 0.6) is 0 Å². The van der Waals surface area contributed by atoms with Crippen molar-refractivity contribution in [3.63, 3.8) is 0 Å². The Labute approximate surface area is 153 Å². The van der Waals surface area contributed by atoms with E-state index in [4.69, 9.17) is 17.3 Å². The molecule has 0 aliphatic heterocycles. The minimum absolute atomic E-state index is 0.0281. The molecular weight excluding hydrogens is 336 g/mol. The van der Waals surface area contributed by atoms with Gasteiger partial charge in [-0.2, -0.15) is 0 Å². The number of carbonyl (C=O) groups is 2. The first-order chi connectivity index (χ1) is 12.1. The van der Waals surface area contributed by atoms with Gasteiger partial charge in [-0.05, 0) is 42.8 Å². The Morgan fingerprint density at radius 2 is 1.64 bits per heavy atom. The smallest absolute Gasteiger partial charge is 0.223 e. The maximum atomic E-state index is 12.6. The molecule has 0 aliphatic carbocycles. The maximum Gasteiger partial charge on any atom is 0.223 e. The molecule has 4 nitrogen and oxygen atoms in total. The van der Waals surface area contributed by atoms with E-state index in [1.807, 2.05) is 30.3 Å². The molecule has 132 valence electrons. The third-order valence-corrected chi connectivity index (χ3v) is 4.19. The van der Waals surface area contributed by atoms with Crippen LogP contribution in [0.4, 0.5) is 0 Å². The van der Waals surface area contributed by atoms with Crippen LogP contribution < -0.4 is 5.73 Å². The number of Topliss-reactive ketones (excluding diaryl/α,β-unsaturated/α-hetero) is 1. The summed E-state index contributed by atoms with van der Waals surface area (Å²) < 4.78 is 0. The van der Waals surface area contributed by atoms with Crippen molar-refractivity contribution in [1.82, 2.24) is 4.90 Å². The number of hydrogen-bond donors (Lipinski definition) is 1. The van der Waals surface area contributed by atoms with Gasteiger partial charge >= 0.3 is 0 Å². The number of halogens is 1. The fraction of sp³-hybridized carbons (Fsp3) is 0.300. The van der Waals surface area contributed by atoms with Gasteiger partial charge in [-0.15, -0.1) is 0 Å². The van der Waals surface area contributed by atoms with Crippen molar-refractivity contribution in [2.75, 3.05) is 13.1 Å². The van der Waals surface area contributed by atoms with Gasteiger partial charge in [-0.1, -0.05) is 41.9 Å². The minimum Gasteiger partial charge on any atom is -0.338 e. The Bertz CT molecular complexity index is 687. The zero-order valence-corrected chi connectivity index (χ0v) is 14.9. The van der Waals surface area contributed by atoms with Gasteiger partial charge in [0.1, 0.15) is 0 Å². The van der Waals surface area contributed by atoms with Crippen LogP contribution in [0, 0.1) is 0 Å². The molecule has 2 aromatic carbocycles. The van der Waals surface area contributed by atoms with Crippen molar-refractivity contribution < 1.29 is 9.59 Å². The van der Waals surface area contributed by atoms with Crippen molar-refractivity contribution in [2.45, 2.75) is 25.8 Å². The van der Waals surface area contributed by atoms with E-state index >= 15 is 0 Å². The Balaban J connectivity index is 1.93. The monoisotopic (exact) mass is 358 g/mol. The topological polar surface area (TPSA) is 63.4 Å². The molecule has 0 aliphatic rings. The lowest BCUT2D eigenvalue weighted by Crippen LogP contribution is -2.32. The number of nitrogens with zero attached hydrogens (tertiary/aromatic N) is 1. The Morgan fingerprint density at radius 3 is 2.28 bits per heavy atom. The summed E-state index contributed by atoms with van der Waals surface area (Å²) in [6, 6.07) is 16.6. The first-order valence-electron chi connectivity index (χ1n) is 8.40. The molecular formula is C20H23ClN2O2. The summed E-state index contributed by atoms with van der Waals surface area (Å²) in [7, 11) is 0. The van der Waals surface area contributed by atoms with E-state index in [9.17, 15) is 9.59 Å². The Hall–Kier alpha value is -2.17. The van der Waals surface area contributed by atoms with E-state index in [2.05, 4.69) is 0 Å². The summed E-state index contributed by atoms with van der Waals surface area (Å²) in [5.74, 6) is -0.0804. The number of rotatable bonds is 9. The first-order valence-corrected chi connectivity index (χ1v) is 8.78. The van der Waals surface area contributed by atoms with E-state index in [1.165, 1.54) is 0 Å². The van der Waals surface area contributed by atoms with Crippen LogP contribution in [0.25, 0.3) is 0 Å². The SMILES string of the molecule is NCCCN(Cc1ccccc1)C(=O)CCC(=O)c1ccc(Cl)cc1. The number of hydrogen-bond acceptors (Lipinski definition) is 3. The highest BCUT2D eigenvalue weighted by atomic mass is 35.5. The highest BCUT2D eigenvalue weighted by Gasteiger charge is 2.16. The maximum absolute atomic E-state index is 12.6. The molecule has 0 atom stereocenters. The van der Waals surface area contributed by atoms with E-state index < -0.39 is 0 Å². The molecule has 2 N–H and O–H groups in total. The minimum atomic E-state index is -0.0523. The van der Waals surface area contributed by atoms with Gasteiger partial charge in [0.05, 0.1) is 0 Å². The first kappa shape index (κ1) is 19.2. The standard InChI is InChI=1S/C20H23ClN2O2/c21-18-9-7-17(8-10-18)19(24)11-12-20(25)23(14-4-13-22)15-16-5-2-1-3-6-16/h1-3,5-10H,4,11-15,22H2. The Kier molecular flexibility index (Phi) is 7.64. The van der Waals surface area contributed by atoms with Crippen molar-refractivity contribution in [3.8, 4) is 0 Å². The molecule has 0 radical (unpaired) electrons. The van der Waals surface area contributed by atoms with Gasteiger partial charge in [-0.25, -0.2) is 0 Å². The third kappa shape index (κ3) is 6.33. The van der Waals surface area contributed by atoms with Crippen molar-refractivity contribution >= 4 is 23.3 Å². The summed E-state index contributed by atoms with van der Waals surface area (Å²) >= 11 is 5.83. The van der Waals surface area contributed by atoms with Gasteiger partial charge in [0.25, 0.3) is 0 Å². The van der Waals surface area contributed by atoms with E-state index in [1.54, 1.807) is 29.2 Å². The number of carbonyl (C=O) groups excluding carboxylic acids is 2. The van der Waals surface area contributed by atoms with Crippen molar-refractivity contribution in [2.24, 2.45) is 5.73 Å². The van der Waals surface area contributed by atoms with Crippen LogP contribution >= 0.6 is 11.6 Å². The molecule has 0 saturated heterocycles. The fourth-order valence-corrected chi connectivity index (χ4v) is 2.66. The lowest BCUT2D eigenvalue weighted by atomic mass is 10.1. The average Bonchev–Trinajstić information content (AvgIpc) is 2.64. The van der Waals surface area contributed by atoms with Crippen LogP contribution in [0.15, 0.2) is 54.6 Å². The molecule has 2 rings (SSSR count). The van der Waals surface area contributed by atoms with Gasteiger partial charge in [-0.3, -0.25) is 9.59 Å². The average molecular weight is 359 g/mol. The number of nitrogens with two attached hydrogens (primary N) is 1. The van der Waals surface area contributed by atoms with E-state index in [0.717, 1.165) is 12.0 Å². The second-order valence-corrected chi connectivity index (χ2v) is 6.31. The summed E-state index contributed by atoms with van der Waals surface area (Å²) in [5.41, 5.74) is 7.22. The molecule has 0 spiro atoms. The molecule has 0 heterocycles. The second kappa shape index (κ2) is 9.97. The summed E-state index contributed by atoms with van der Waals surface area (Å²) in [5, 5.41) is 0.587. The predicted octanol–water partition coefficient (Wildman–Crippen LogP) is 3.68. The summed E-state index contributed by atoms with van der Waals surface area (Å²) in [6.45, 7) is 1.66.